The summed E-state index contributed by atoms with van der Waals surface area (Å²) in [7, 11) is 1.63. The van der Waals surface area contributed by atoms with E-state index in [9.17, 15) is 13.2 Å². The van der Waals surface area contributed by atoms with Gasteiger partial charge in [-0.3, -0.25) is 4.99 Å². The maximum atomic E-state index is 12.7. The van der Waals surface area contributed by atoms with E-state index in [4.69, 9.17) is 4.74 Å². The second-order valence-electron chi connectivity index (χ2n) is 7.04. The minimum absolute atomic E-state index is 0. The maximum Gasteiger partial charge on any atom is 0.434 e. The molecular formula is C20H26F3IN4OS. The number of hydrogen-bond donors (Lipinski definition) is 2. The van der Waals surface area contributed by atoms with Gasteiger partial charge in [0, 0.05) is 31.5 Å². The van der Waals surface area contributed by atoms with E-state index in [2.05, 4.69) is 51.8 Å². The first-order chi connectivity index (χ1) is 13.9. The van der Waals surface area contributed by atoms with Crippen molar-refractivity contribution in [2.75, 3.05) is 20.2 Å². The first kappa shape index (κ1) is 24.9. The molecule has 3 rings (SSSR count). The lowest BCUT2D eigenvalue weighted by Gasteiger charge is -2.32. The number of nitrogens with zero attached hydrogens (tertiary/aromatic N) is 2. The van der Waals surface area contributed by atoms with Crippen LogP contribution < -0.4 is 10.6 Å². The predicted molar refractivity (Wildman–Crippen MR) is 123 cm³/mol. The van der Waals surface area contributed by atoms with Gasteiger partial charge in [-0.1, -0.05) is 29.8 Å². The Hall–Kier alpha value is -1.40. The van der Waals surface area contributed by atoms with Crippen molar-refractivity contribution in [2.45, 2.75) is 38.6 Å². The van der Waals surface area contributed by atoms with Gasteiger partial charge in [0.05, 0.1) is 12.6 Å². The molecule has 1 aromatic heterocycles. The summed E-state index contributed by atoms with van der Waals surface area (Å²) >= 11 is 0.977. The molecule has 0 aliphatic carbocycles. The summed E-state index contributed by atoms with van der Waals surface area (Å²) in [4.78, 5) is 7.79. The van der Waals surface area contributed by atoms with E-state index in [0.717, 1.165) is 41.7 Å². The van der Waals surface area contributed by atoms with Crippen LogP contribution in [0.1, 0.15) is 40.8 Å². The van der Waals surface area contributed by atoms with E-state index in [-0.39, 0.29) is 42.5 Å². The van der Waals surface area contributed by atoms with Gasteiger partial charge in [0.15, 0.2) is 11.7 Å². The number of halogens is 4. The number of nitrogens with one attached hydrogen (secondary N) is 2. The number of alkyl halides is 3. The van der Waals surface area contributed by atoms with Gasteiger partial charge < -0.3 is 15.4 Å². The summed E-state index contributed by atoms with van der Waals surface area (Å²) in [5, 5.41) is 7.69. The largest absolute Gasteiger partial charge is 0.434 e. The van der Waals surface area contributed by atoms with Crippen LogP contribution in [0.15, 0.2) is 34.6 Å². The summed E-state index contributed by atoms with van der Waals surface area (Å²) < 4.78 is 44.0. The predicted octanol–water partition coefficient (Wildman–Crippen LogP) is 4.92. The van der Waals surface area contributed by atoms with Crippen molar-refractivity contribution >= 4 is 41.3 Å². The van der Waals surface area contributed by atoms with Crippen molar-refractivity contribution in [2.24, 2.45) is 10.9 Å². The lowest BCUT2D eigenvalue weighted by molar-refractivity contribution is -0.140. The summed E-state index contributed by atoms with van der Waals surface area (Å²) in [5.74, 6) is 0.809. The third-order valence-electron chi connectivity index (χ3n) is 4.86. The standard InChI is InChI=1S/C20H25F3N4OS.HI/c1-13-5-7-14(8-6-13)18-15(4-3-9-28-18)10-25-19(24-2)26-11-17-27-16(12-29-17)20(21,22)23;/h5-8,12,15,18H,3-4,9-11H2,1-2H3,(H2,24,25,26);1H. The Bertz CT molecular complexity index is 826. The van der Waals surface area contributed by atoms with Crippen LogP contribution >= 0.6 is 35.3 Å². The van der Waals surface area contributed by atoms with Crippen molar-refractivity contribution in [3.05, 3.63) is 51.5 Å². The Morgan fingerprint density at radius 2 is 2.00 bits per heavy atom. The molecule has 2 N–H and O–H groups in total. The second-order valence-corrected chi connectivity index (χ2v) is 7.98. The number of guanidine groups is 1. The third-order valence-corrected chi connectivity index (χ3v) is 5.70. The normalized spacial score (nSPS) is 19.8. The number of aliphatic imine (C=N–C) groups is 1. The molecule has 1 fully saturated rings. The van der Waals surface area contributed by atoms with Crippen molar-refractivity contribution in [3.63, 3.8) is 0 Å². The Morgan fingerprint density at radius 1 is 1.27 bits per heavy atom. The molecule has 1 aliphatic rings. The number of aromatic nitrogens is 1. The van der Waals surface area contributed by atoms with Crippen LogP contribution in [-0.2, 0) is 17.5 Å². The molecule has 2 unspecified atom stereocenters. The number of benzene rings is 1. The van der Waals surface area contributed by atoms with E-state index >= 15 is 0 Å². The highest BCUT2D eigenvalue weighted by Crippen LogP contribution is 2.33. The topological polar surface area (TPSA) is 58.5 Å². The molecule has 166 valence electrons. The summed E-state index contributed by atoms with van der Waals surface area (Å²) in [6, 6.07) is 8.38. The fraction of sp³-hybridized carbons (Fsp3) is 0.500. The highest BCUT2D eigenvalue weighted by Gasteiger charge is 2.33. The lowest BCUT2D eigenvalue weighted by atomic mass is 9.89. The zero-order valence-corrected chi connectivity index (χ0v) is 20.0. The second kappa shape index (κ2) is 11.3. The highest BCUT2D eigenvalue weighted by molar-refractivity contribution is 14.0. The van der Waals surface area contributed by atoms with Crippen molar-refractivity contribution < 1.29 is 17.9 Å². The molecule has 1 saturated heterocycles. The molecule has 1 aromatic carbocycles. The van der Waals surface area contributed by atoms with E-state index in [0.29, 0.717) is 17.5 Å². The van der Waals surface area contributed by atoms with E-state index < -0.39 is 11.9 Å². The van der Waals surface area contributed by atoms with E-state index in [1.165, 1.54) is 5.56 Å². The Kier molecular flexibility index (Phi) is 9.35. The minimum atomic E-state index is -4.42. The van der Waals surface area contributed by atoms with Crippen molar-refractivity contribution in [1.82, 2.24) is 15.6 Å². The van der Waals surface area contributed by atoms with Crippen LogP contribution in [0.3, 0.4) is 0 Å². The average molecular weight is 554 g/mol. The Balaban J connectivity index is 0.00000320. The molecule has 1 aliphatic heterocycles. The molecule has 2 aromatic rings. The van der Waals surface area contributed by atoms with Crippen LogP contribution in [0, 0.1) is 12.8 Å². The molecule has 0 saturated carbocycles. The smallest absolute Gasteiger partial charge is 0.373 e. The summed E-state index contributed by atoms with van der Waals surface area (Å²) in [5.41, 5.74) is 1.51. The number of rotatable bonds is 5. The molecule has 0 radical (unpaired) electrons. The molecule has 2 heterocycles. The summed E-state index contributed by atoms with van der Waals surface area (Å²) in [6.45, 7) is 3.64. The van der Waals surface area contributed by atoms with Crippen LogP contribution in [0.5, 0.6) is 0 Å². The molecule has 30 heavy (non-hydrogen) atoms. The van der Waals surface area contributed by atoms with Crippen LogP contribution in [0.2, 0.25) is 0 Å². The lowest BCUT2D eigenvalue weighted by Crippen LogP contribution is -2.41. The average Bonchev–Trinajstić information content (AvgIpc) is 3.19. The quantitative estimate of drug-likeness (QED) is 0.313. The van der Waals surface area contributed by atoms with E-state index in [1.807, 2.05) is 0 Å². The SMILES string of the molecule is CN=C(NCc1nc(C(F)(F)F)cs1)NCC1CCCOC1c1ccc(C)cc1.I. The highest BCUT2D eigenvalue weighted by atomic mass is 127. The van der Waals surface area contributed by atoms with Gasteiger partial charge in [-0.2, -0.15) is 13.2 Å². The fourth-order valence-corrected chi connectivity index (χ4v) is 4.05. The third kappa shape index (κ3) is 6.81. The van der Waals surface area contributed by atoms with Crippen LogP contribution in [0.4, 0.5) is 13.2 Å². The van der Waals surface area contributed by atoms with Crippen LogP contribution in [0.25, 0.3) is 0 Å². The first-order valence-electron chi connectivity index (χ1n) is 9.51. The fourth-order valence-electron chi connectivity index (χ4n) is 3.31. The van der Waals surface area contributed by atoms with Crippen molar-refractivity contribution in [3.8, 4) is 0 Å². The van der Waals surface area contributed by atoms with Gasteiger partial charge in [-0.15, -0.1) is 35.3 Å². The molecule has 10 heteroatoms. The number of thiazole rings is 1. The number of hydrogen-bond acceptors (Lipinski definition) is 4. The molecule has 0 bridgehead atoms. The van der Waals surface area contributed by atoms with Gasteiger partial charge in [0.1, 0.15) is 5.01 Å². The van der Waals surface area contributed by atoms with Gasteiger partial charge >= 0.3 is 6.18 Å². The summed E-state index contributed by atoms with van der Waals surface area (Å²) in [6.07, 6.45) is -2.37. The molecule has 0 spiro atoms. The van der Waals surface area contributed by atoms with Gasteiger partial charge in [0.2, 0.25) is 0 Å². The molecular weight excluding hydrogens is 528 g/mol. The Labute approximate surface area is 195 Å². The van der Waals surface area contributed by atoms with Crippen LogP contribution in [-0.4, -0.2) is 31.1 Å². The molecule has 5 nitrogen and oxygen atoms in total. The van der Waals surface area contributed by atoms with Gasteiger partial charge in [-0.25, -0.2) is 4.98 Å². The monoisotopic (exact) mass is 554 g/mol. The van der Waals surface area contributed by atoms with Crippen molar-refractivity contribution in [1.29, 1.82) is 0 Å². The number of ether oxygens (including phenoxy) is 1. The molecule has 0 amide bonds. The van der Waals surface area contributed by atoms with Gasteiger partial charge in [0.25, 0.3) is 0 Å². The van der Waals surface area contributed by atoms with E-state index in [1.54, 1.807) is 7.05 Å². The Morgan fingerprint density at radius 3 is 2.63 bits per heavy atom. The maximum absolute atomic E-state index is 12.7. The first-order valence-corrected chi connectivity index (χ1v) is 10.4. The zero-order chi connectivity index (χ0) is 20.9. The van der Waals surface area contributed by atoms with Gasteiger partial charge in [-0.05, 0) is 25.3 Å². The zero-order valence-electron chi connectivity index (χ0n) is 16.8. The minimum Gasteiger partial charge on any atom is -0.373 e. The number of aryl methyl sites for hydroxylation is 1. The molecule has 2 atom stereocenters.